The molecule has 1 heterocycles. The van der Waals surface area contributed by atoms with Crippen molar-refractivity contribution in [2.75, 3.05) is 17.7 Å². The monoisotopic (exact) mass is 345 g/mol. The minimum Gasteiger partial charge on any atom is -0.395 e. The number of rotatable bonds is 8. The third kappa shape index (κ3) is 5.52. The van der Waals surface area contributed by atoms with E-state index in [4.69, 9.17) is 0 Å². The second kappa shape index (κ2) is 7.75. The molecule has 0 unspecified atom stereocenters. The summed E-state index contributed by atoms with van der Waals surface area (Å²) >= 11 is 2.97. The second-order valence-corrected chi connectivity index (χ2v) is 9.64. The van der Waals surface area contributed by atoms with Crippen LogP contribution in [0, 0.1) is 5.92 Å². The number of nitrogens with zero attached hydrogens (tertiary/aromatic N) is 2. The van der Waals surface area contributed by atoms with Gasteiger partial charge in [-0.05, 0) is 31.9 Å². The summed E-state index contributed by atoms with van der Waals surface area (Å²) < 4.78 is -0.507. The summed E-state index contributed by atoms with van der Waals surface area (Å²) in [5.41, 5.74) is -0.442. The third-order valence-electron chi connectivity index (χ3n) is 3.32. The SMILES string of the molecule is CC(C)CCSC(C)(C)C(=O)Nc1nnc(C(C)(C)CO)s1. The maximum absolute atomic E-state index is 12.4. The Kier molecular flexibility index (Phi) is 6.83. The number of anilines is 1. The van der Waals surface area contributed by atoms with E-state index in [0.717, 1.165) is 17.2 Å². The summed E-state index contributed by atoms with van der Waals surface area (Å²) in [6.45, 7) is 12.0. The lowest BCUT2D eigenvalue weighted by atomic mass is 9.96. The van der Waals surface area contributed by atoms with Gasteiger partial charge in [0.25, 0.3) is 0 Å². The third-order valence-corrected chi connectivity index (χ3v) is 5.88. The van der Waals surface area contributed by atoms with E-state index in [9.17, 15) is 9.90 Å². The second-order valence-electron chi connectivity index (χ2n) is 6.95. The van der Waals surface area contributed by atoms with Crippen molar-refractivity contribution in [3.8, 4) is 0 Å². The quantitative estimate of drug-likeness (QED) is 0.756. The Hall–Kier alpha value is -0.660. The fraction of sp³-hybridized carbons (Fsp3) is 0.800. The van der Waals surface area contributed by atoms with E-state index in [-0.39, 0.29) is 12.5 Å². The number of hydrogen-bond acceptors (Lipinski definition) is 6. The number of aliphatic hydroxyl groups is 1. The highest BCUT2D eigenvalue weighted by molar-refractivity contribution is 8.01. The molecule has 22 heavy (non-hydrogen) atoms. The van der Waals surface area contributed by atoms with Crippen molar-refractivity contribution in [2.45, 2.75) is 58.1 Å². The molecule has 1 aromatic rings. The molecule has 0 radical (unpaired) electrons. The summed E-state index contributed by atoms with van der Waals surface area (Å²) in [5.74, 6) is 1.53. The van der Waals surface area contributed by atoms with Crippen molar-refractivity contribution >= 4 is 34.1 Å². The molecule has 126 valence electrons. The summed E-state index contributed by atoms with van der Waals surface area (Å²) in [4.78, 5) is 12.4. The van der Waals surface area contributed by atoms with E-state index < -0.39 is 10.2 Å². The van der Waals surface area contributed by atoms with Gasteiger partial charge in [0.15, 0.2) is 0 Å². The average molecular weight is 346 g/mol. The molecule has 1 rings (SSSR count). The van der Waals surface area contributed by atoms with Gasteiger partial charge in [-0.1, -0.05) is 39.0 Å². The Morgan fingerprint density at radius 3 is 2.50 bits per heavy atom. The van der Waals surface area contributed by atoms with Gasteiger partial charge >= 0.3 is 0 Å². The molecular formula is C15H27N3O2S2. The zero-order valence-corrected chi connectivity index (χ0v) is 15.9. The summed E-state index contributed by atoms with van der Waals surface area (Å²) in [6, 6.07) is 0. The highest BCUT2D eigenvalue weighted by Gasteiger charge is 2.30. The number of aliphatic hydroxyl groups excluding tert-OH is 1. The van der Waals surface area contributed by atoms with Gasteiger partial charge in [-0.25, -0.2) is 0 Å². The molecule has 1 amide bonds. The number of amides is 1. The molecule has 0 aliphatic carbocycles. The molecule has 1 aromatic heterocycles. The van der Waals surface area contributed by atoms with Gasteiger partial charge in [0.1, 0.15) is 5.01 Å². The van der Waals surface area contributed by atoms with Crippen LogP contribution in [0.15, 0.2) is 0 Å². The van der Waals surface area contributed by atoms with E-state index in [1.54, 1.807) is 11.8 Å². The van der Waals surface area contributed by atoms with Crippen molar-refractivity contribution in [3.05, 3.63) is 5.01 Å². The highest BCUT2D eigenvalue weighted by atomic mass is 32.2. The molecule has 0 aromatic carbocycles. The average Bonchev–Trinajstić information content (AvgIpc) is 2.87. The van der Waals surface area contributed by atoms with Crippen molar-refractivity contribution in [3.63, 3.8) is 0 Å². The van der Waals surface area contributed by atoms with Gasteiger partial charge in [-0.3, -0.25) is 10.1 Å². The number of aromatic nitrogens is 2. The van der Waals surface area contributed by atoms with Gasteiger partial charge in [-0.2, -0.15) is 0 Å². The maximum Gasteiger partial charge on any atom is 0.241 e. The van der Waals surface area contributed by atoms with Crippen LogP contribution in [0.25, 0.3) is 0 Å². The van der Waals surface area contributed by atoms with Gasteiger partial charge in [0.05, 0.1) is 11.4 Å². The van der Waals surface area contributed by atoms with E-state index in [1.807, 2.05) is 27.7 Å². The van der Waals surface area contributed by atoms with Crippen LogP contribution < -0.4 is 5.32 Å². The molecule has 7 heteroatoms. The smallest absolute Gasteiger partial charge is 0.241 e. The molecule has 0 atom stereocenters. The first kappa shape index (κ1) is 19.4. The number of thioether (sulfide) groups is 1. The van der Waals surface area contributed by atoms with Crippen molar-refractivity contribution < 1.29 is 9.90 Å². The van der Waals surface area contributed by atoms with Crippen LogP contribution in [-0.4, -0.2) is 38.3 Å². The Morgan fingerprint density at radius 1 is 1.32 bits per heavy atom. The van der Waals surface area contributed by atoms with Crippen LogP contribution in [-0.2, 0) is 10.2 Å². The number of hydrogen-bond donors (Lipinski definition) is 2. The molecule has 0 fully saturated rings. The van der Waals surface area contributed by atoms with Gasteiger partial charge < -0.3 is 5.11 Å². The Labute approximate surface area is 141 Å². The molecular weight excluding hydrogens is 318 g/mol. The van der Waals surface area contributed by atoms with E-state index in [2.05, 4.69) is 29.4 Å². The number of nitrogens with one attached hydrogen (secondary N) is 1. The van der Waals surface area contributed by atoms with E-state index in [0.29, 0.717) is 11.0 Å². The highest BCUT2D eigenvalue weighted by Crippen LogP contribution is 2.31. The van der Waals surface area contributed by atoms with Gasteiger partial charge in [0, 0.05) is 5.41 Å². The topological polar surface area (TPSA) is 75.1 Å². The molecule has 0 aliphatic heterocycles. The van der Waals surface area contributed by atoms with Crippen LogP contribution in [0.5, 0.6) is 0 Å². The van der Waals surface area contributed by atoms with Gasteiger partial charge in [-0.15, -0.1) is 22.0 Å². The first-order valence-corrected chi connectivity index (χ1v) is 9.29. The zero-order chi connectivity index (χ0) is 17.0. The molecule has 0 saturated heterocycles. The zero-order valence-electron chi connectivity index (χ0n) is 14.3. The molecule has 0 spiro atoms. The number of carbonyl (C=O) groups is 1. The standard InChI is InChI=1S/C15H27N3O2S2/c1-10(2)7-8-21-15(5,6)11(20)16-13-18-17-12(22-13)14(3,4)9-19/h10,19H,7-9H2,1-6H3,(H,16,18,20). The van der Waals surface area contributed by atoms with Crippen LogP contribution in [0.3, 0.4) is 0 Å². The lowest BCUT2D eigenvalue weighted by molar-refractivity contribution is -0.117. The van der Waals surface area contributed by atoms with Crippen molar-refractivity contribution in [1.82, 2.24) is 10.2 Å². The lowest BCUT2D eigenvalue weighted by Gasteiger charge is -2.22. The predicted octanol–water partition coefficient (Wildman–Crippen LogP) is 3.30. The first-order valence-electron chi connectivity index (χ1n) is 7.49. The fourth-order valence-corrected chi connectivity index (χ4v) is 3.59. The van der Waals surface area contributed by atoms with Crippen LogP contribution in [0.4, 0.5) is 5.13 Å². The summed E-state index contributed by atoms with van der Waals surface area (Å²) in [5, 5.41) is 21.5. The van der Waals surface area contributed by atoms with Crippen LogP contribution >= 0.6 is 23.1 Å². The summed E-state index contributed by atoms with van der Waals surface area (Å²) in [6.07, 6.45) is 1.09. The summed E-state index contributed by atoms with van der Waals surface area (Å²) in [7, 11) is 0. The predicted molar refractivity (Wildman–Crippen MR) is 94.6 cm³/mol. The van der Waals surface area contributed by atoms with E-state index >= 15 is 0 Å². The molecule has 5 nitrogen and oxygen atoms in total. The van der Waals surface area contributed by atoms with Crippen LogP contribution in [0.1, 0.15) is 53.0 Å². The molecule has 2 N–H and O–H groups in total. The normalized spacial score (nSPS) is 12.7. The first-order chi connectivity index (χ1) is 10.1. The molecule has 0 bridgehead atoms. The Bertz CT molecular complexity index is 499. The Morgan fingerprint density at radius 2 is 1.95 bits per heavy atom. The number of carbonyl (C=O) groups excluding carboxylic acids is 1. The van der Waals surface area contributed by atoms with Crippen molar-refractivity contribution in [2.24, 2.45) is 5.92 Å². The lowest BCUT2D eigenvalue weighted by Crippen LogP contribution is -2.34. The minimum absolute atomic E-state index is 0.00781. The van der Waals surface area contributed by atoms with Gasteiger partial charge in [0.2, 0.25) is 11.0 Å². The fourth-order valence-electron chi connectivity index (χ4n) is 1.48. The molecule has 0 saturated carbocycles. The maximum atomic E-state index is 12.4. The Balaban J connectivity index is 2.64. The largest absolute Gasteiger partial charge is 0.395 e. The van der Waals surface area contributed by atoms with Crippen LogP contribution in [0.2, 0.25) is 0 Å². The van der Waals surface area contributed by atoms with E-state index in [1.165, 1.54) is 11.3 Å². The minimum atomic E-state index is -0.507. The molecule has 0 aliphatic rings. The van der Waals surface area contributed by atoms with Crippen molar-refractivity contribution in [1.29, 1.82) is 0 Å².